The Balaban J connectivity index is 2.03. The Morgan fingerprint density at radius 2 is 2.00 bits per heavy atom. The molecule has 1 aliphatic rings. The lowest BCUT2D eigenvalue weighted by molar-refractivity contribution is -0.384. The fraction of sp³-hybridized carbons (Fsp3) is 0.529. The molecule has 0 radical (unpaired) electrons. The number of hydrogen-bond donors (Lipinski definition) is 0. The van der Waals surface area contributed by atoms with Crippen molar-refractivity contribution >= 4 is 17.3 Å². The zero-order valence-corrected chi connectivity index (χ0v) is 14.1. The third-order valence-corrected chi connectivity index (χ3v) is 4.21. The lowest BCUT2D eigenvalue weighted by atomic mass is 10.1. The van der Waals surface area contributed by atoms with Crippen molar-refractivity contribution in [1.82, 2.24) is 4.90 Å². The highest BCUT2D eigenvalue weighted by molar-refractivity contribution is 5.76. The van der Waals surface area contributed by atoms with Crippen LogP contribution in [0.4, 0.5) is 11.4 Å². The van der Waals surface area contributed by atoms with Crippen molar-refractivity contribution in [2.45, 2.75) is 26.7 Å². The fourth-order valence-electron chi connectivity index (χ4n) is 2.77. The maximum Gasteiger partial charge on any atom is 0.293 e. The first-order chi connectivity index (χ1) is 11.4. The van der Waals surface area contributed by atoms with Gasteiger partial charge in [-0.15, -0.1) is 0 Å². The fourth-order valence-corrected chi connectivity index (χ4v) is 2.77. The molecule has 0 unspecified atom stereocenters. The standard InChI is InChI=1S/C17H22N4O3/c1-13(2)3-6-17(22)20-9-7-19(8-10-20)15-5-4-14(12-18)11-16(15)21(23)24/h4-5,11,13H,3,6-10H2,1-2H3. The molecule has 1 aromatic rings. The van der Waals surface area contributed by atoms with Crippen LogP contribution in [0.5, 0.6) is 0 Å². The summed E-state index contributed by atoms with van der Waals surface area (Å²) in [5, 5.41) is 20.2. The second kappa shape index (κ2) is 7.77. The van der Waals surface area contributed by atoms with Crippen LogP contribution in [0.2, 0.25) is 0 Å². The van der Waals surface area contributed by atoms with Gasteiger partial charge in [0.25, 0.3) is 5.69 Å². The van der Waals surface area contributed by atoms with E-state index in [-0.39, 0.29) is 17.2 Å². The van der Waals surface area contributed by atoms with Gasteiger partial charge in [0, 0.05) is 38.7 Å². The number of carbonyl (C=O) groups excluding carboxylic acids is 1. The summed E-state index contributed by atoms with van der Waals surface area (Å²) in [6, 6.07) is 6.43. The Hall–Kier alpha value is -2.62. The van der Waals surface area contributed by atoms with E-state index in [1.54, 1.807) is 12.1 Å². The van der Waals surface area contributed by atoms with Crippen molar-refractivity contribution in [2.75, 3.05) is 31.1 Å². The van der Waals surface area contributed by atoms with Crippen molar-refractivity contribution in [1.29, 1.82) is 5.26 Å². The first-order valence-corrected chi connectivity index (χ1v) is 8.13. The average Bonchev–Trinajstić information content (AvgIpc) is 2.59. The van der Waals surface area contributed by atoms with Crippen molar-refractivity contribution in [2.24, 2.45) is 5.92 Å². The van der Waals surface area contributed by atoms with E-state index in [9.17, 15) is 14.9 Å². The van der Waals surface area contributed by atoms with E-state index in [4.69, 9.17) is 5.26 Å². The number of nitro benzene ring substituents is 1. The molecule has 0 N–H and O–H groups in total. The summed E-state index contributed by atoms with van der Waals surface area (Å²) in [4.78, 5) is 26.7. The molecular formula is C17H22N4O3. The topological polar surface area (TPSA) is 90.5 Å². The summed E-state index contributed by atoms with van der Waals surface area (Å²) in [6.07, 6.45) is 1.43. The number of rotatable bonds is 5. The lowest BCUT2D eigenvalue weighted by Gasteiger charge is -2.36. The van der Waals surface area contributed by atoms with Crippen molar-refractivity contribution in [3.8, 4) is 6.07 Å². The van der Waals surface area contributed by atoms with E-state index in [2.05, 4.69) is 13.8 Å². The van der Waals surface area contributed by atoms with Crippen LogP contribution in [0.1, 0.15) is 32.3 Å². The van der Waals surface area contributed by atoms with Gasteiger partial charge < -0.3 is 9.80 Å². The number of anilines is 1. The number of nitro groups is 1. The maximum atomic E-state index is 12.2. The van der Waals surface area contributed by atoms with E-state index < -0.39 is 4.92 Å². The molecule has 1 saturated heterocycles. The predicted molar refractivity (Wildman–Crippen MR) is 90.7 cm³/mol. The molecule has 1 heterocycles. The minimum absolute atomic E-state index is 0.0614. The van der Waals surface area contributed by atoms with Crippen LogP contribution in [0, 0.1) is 27.4 Å². The minimum atomic E-state index is -0.462. The van der Waals surface area contributed by atoms with Gasteiger partial charge in [-0.3, -0.25) is 14.9 Å². The molecule has 1 amide bonds. The summed E-state index contributed by atoms with van der Waals surface area (Å²) in [5.41, 5.74) is 0.717. The molecule has 128 valence electrons. The summed E-state index contributed by atoms with van der Waals surface area (Å²) in [5.74, 6) is 0.647. The van der Waals surface area contributed by atoms with Gasteiger partial charge in [-0.05, 0) is 24.5 Å². The van der Waals surface area contributed by atoms with E-state index in [1.807, 2.05) is 15.9 Å². The Kier molecular flexibility index (Phi) is 5.74. The molecule has 2 rings (SSSR count). The molecule has 1 aliphatic heterocycles. The van der Waals surface area contributed by atoms with Crippen LogP contribution in [-0.4, -0.2) is 41.9 Å². The molecule has 7 heteroatoms. The Morgan fingerprint density at radius 3 is 2.54 bits per heavy atom. The smallest absolute Gasteiger partial charge is 0.293 e. The molecule has 24 heavy (non-hydrogen) atoms. The van der Waals surface area contributed by atoms with Crippen LogP contribution >= 0.6 is 0 Å². The number of benzene rings is 1. The molecule has 0 bridgehead atoms. The highest BCUT2D eigenvalue weighted by atomic mass is 16.6. The highest BCUT2D eigenvalue weighted by Crippen LogP contribution is 2.30. The average molecular weight is 330 g/mol. The molecule has 1 aromatic carbocycles. The molecule has 0 atom stereocenters. The van der Waals surface area contributed by atoms with Gasteiger partial charge >= 0.3 is 0 Å². The van der Waals surface area contributed by atoms with Crippen molar-refractivity contribution in [3.63, 3.8) is 0 Å². The van der Waals surface area contributed by atoms with Gasteiger partial charge in [0.2, 0.25) is 5.91 Å². The zero-order valence-electron chi connectivity index (χ0n) is 14.1. The number of nitrogens with zero attached hydrogens (tertiary/aromatic N) is 4. The minimum Gasteiger partial charge on any atom is -0.362 e. The zero-order chi connectivity index (χ0) is 17.7. The van der Waals surface area contributed by atoms with Crippen LogP contribution < -0.4 is 4.90 Å². The third-order valence-electron chi connectivity index (χ3n) is 4.21. The molecule has 1 fully saturated rings. The summed E-state index contributed by atoms with van der Waals surface area (Å²) in [6.45, 7) is 6.42. The summed E-state index contributed by atoms with van der Waals surface area (Å²) in [7, 11) is 0. The predicted octanol–water partition coefficient (Wildman–Crippen LogP) is 2.55. The van der Waals surface area contributed by atoms with Gasteiger partial charge in [-0.2, -0.15) is 5.26 Å². The largest absolute Gasteiger partial charge is 0.362 e. The number of carbonyl (C=O) groups is 1. The number of piperazine rings is 1. The number of amides is 1. The Labute approximate surface area is 141 Å². The second-order valence-corrected chi connectivity index (χ2v) is 6.37. The van der Waals surface area contributed by atoms with E-state index in [1.165, 1.54) is 6.07 Å². The van der Waals surface area contributed by atoms with E-state index in [0.717, 1.165) is 6.42 Å². The second-order valence-electron chi connectivity index (χ2n) is 6.37. The lowest BCUT2D eigenvalue weighted by Crippen LogP contribution is -2.49. The van der Waals surface area contributed by atoms with Gasteiger partial charge in [0.1, 0.15) is 5.69 Å². The normalized spacial score (nSPS) is 14.6. The van der Waals surface area contributed by atoms with Crippen LogP contribution in [-0.2, 0) is 4.79 Å². The molecule has 0 aliphatic carbocycles. The van der Waals surface area contributed by atoms with Gasteiger partial charge in [0.05, 0.1) is 16.6 Å². The first-order valence-electron chi connectivity index (χ1n) is 8.13. The van der Waals surface area contributed by atoms with E-state index in [0.29, 0.717) is 44.2 Å². The highest BCUT2D eigenvalue weighted by Gasteiger charge is 2.26. The van der Waals surface area contributed by atoms with Gasteiger partial charge in [0.15, 0.2) is 0 Å². The van der Waals surface area contributed by atoms with Gasteiger partial charge in [-0.1, -0.05) is 13.8 Å². The van der Waals surface area contributed by atoms with E-state index >= 15 is 0 Å². The SMILES string of the molecule is CC(C)CCC(=O)N1CCN(c2ccc(C#N)cc2[N+](=O)[O-])CC1. The molecule has 0 spiro atoms. The summed E-state index contributed by atoms with van der Waals surface area (Å²) >= 11 is 0. The Morgan fingerprint density at radius 1 is 1.33 bits per heavy atom. The van der Waals surface area contributed by atoms with Crippen LogP contribution in [0.3, 0.4) is 0 Å². The number of hydrogen-bond acceptors (Lipinski definition) is 5. The quantitative estimate of drug-likeness (QED) is 0.611. The van der Waals surface area contributed by atoms with Crippen LogP contribution in [0.15, 0.2) is 18.2 Å². The van der Waals surface area contributed by atoms with Crippen molar-refractivity contribution in [3.05, 3.63) is 33.9 Å². The molecular weight excluding hydrogens is 308 g/mol. The molecule has 0 saturated carbocycles. The van der Waals surface area contributed by atoms with Crippen LogP contribution in [0.25, 0.3) is 0 Å². The van der Waals surface area contributed by atoms with Gasteiger partial charge in [-0.25, -0.2) is 0 Å². The molecule has 0 aromatic heterocycles. The summed E-state index contributed by atoms with van der Waals surface area (Å²) < 4.78 is 0. The monoisotopic (exact) mass is 330 g/mol. The third kappa shape index (κ3) is 4.22. The maximum absolute atomic E-state index is 12.2. The first kappa shape index (κ1) is 17.7. The molecule has 7 nitrogen and oxygen atoms in total. The number of nitriles is 1. The van der Waals surface area contributed by atoms with Crippen molar-refractivity contribution < 1.29 is 9.72 Å². The Bertz CT molecular complexity index is 658.